The van der Waals surface area contributed by atoms with Crippen LogP contribution in [0.1, 0.15) is 31.9 Å². The summed E-state index contributed by atoms with van der Waals surface area (Å²) in [5.74, 6) is 0. The van der Waals surface area contributed by atoms with Gasteiger partial charge in [-0.2, -0.15) is 5.10 Å². The molecule has 0 bridgehead atoms. The molecular formula is C15H20N4O2. The number of rotatable bonds is 5. The molecule has 0 aliphatic heterocycles. The van der Waals surface area contributed by atoms with Crippen molar-refractivity contribution in [3.05, 3.63) is 57.9 Å². The Hall–Kier alpha value is -2.21. The van der Waals surface area contributed by atoms with Crippen LogP contribution in [0.25, 0.3) is 0 Å². The van der Waals surface area contributed by atoms with E-state index in [-0.39, 0.29) is 11.2 Å². The van der Waals surface area contributed by atoms with Gasteiger partial charge in [-0.1, -0.05) is 12.1 Å². The van der Waals surface area contributed by atoms with Gasteiger partial charge in [0, 0.05) is 36.0 Å². The summed E-state index contributed by atoms with van der Waals surface area (Å²) in [6.07, 6.45) is 3.82. The summed E-state index contributed by atoms with van der Waals surface area (Å²) in [5, 5.41) is 18.3. The summed E-state index contributed by atoms with van der Waals surface area (Å²) >= 11 is 0. The topological polar surface area (TPSA) is 73.0 Å². The Kier molecular flexibility index (Phi) is 4.37. The predicted molar refractivity (Wildman–Crippen MR) is 81.0 cm³/mol. The van der Waals surface area contributed by atoms with Crippen LogP contribution in [0, 0.1) is 10.1 Å². The molecule has 112 valence electrons. The number of benzene rings is 1. The van der Waals surface area contributed by atoms with Crippen molar-refractivity contribution in [3.8, 4) is 0 Å². The third kappa shape index (κ3) is 4.68. The van der Waals surface area contributed by atoms with E-state index < -0.39 is 4.92 Å². The van der Waals surface area contributed by atoms with Crippen molar-refractivity contribution >= 4 is 5.69 Å². The molecule has 0 unspecified atom stereocenters. The number of non-ortho nitro benzene ring substituents is 1. The molecule has 0 saturated heterocycles. The van der Waals surface area contributed by atoms with Crippen molar-refractivity contribution in [1.82, 2.24) is 15.1 Å². The molecule has 6 nitrogen and oxygen atoms in total. The molecule has 1 aromatic carbocycles. The Morgan fingerprint density at radius 1 is 1.24 bits per heavy atom. The summed E-state index contributed by atoms with van der Waals surface area (Å²) in [4.78, 5) is 10.2. The van der Waals surface area contributed by atoms with Crippen LogP contribution in [0.3, 0.4) is 0 Å². The minimum absolute atomic E-state index is 0.0699. The SMILES string of the molecule is CC(C)(C)NCc1cnn(Cc2ccc([N+](=O)[O-])cc2)c1. The highest BCUT2D eigenvalue weighted by Gasteiger charge is 2.09. The quantitative estimate of drug-likeness (QED) is 0.678. The monoisotopic (exact) mass is 288 g/mol. The van der Waals surface area contributed by atoms with Crippen LogP contribution in [0.4, 0.5) is 5.69 Å². The number of nitro groups is 1. The van der Waals surface area contributed by atoms with Gasteiger partial charge >= 0.3 is 0 Å². The Bertz CT molecular complexity index is 611. The number of hydrogen-bond acceptors (Lipinski definition) is 4. The van der Waals surface area contributed by atoms with Gasteiger partial charge in [0.1, 0.15) is 0 Å². The van der Waals surface area contributed by atoms with Crippen LogP contribution in [0.15, 0.2) is 36.7 Å². The zero-order valence-electron chi connectivity index (χ0n) is 12.5. The van der Waals surface area contributed by atoms with Crippen molar-refractivity contribution in [3.63, 3.8) is 0 Å². The third-order valence-electron chi connectivity index (χ3n) is 3.00. The zero-order valence-corrected chi connectivity index (χ0v) is 12.5. The van der Waals surface area contributed by atoms with Gasteiger partial charge in [0.15, 0.2) is 0 Å². The van der Waals surface area contributed by atoms with Crippen LogP contribution >= 0.6 is 0 Å². The maximum absolute atomic E-state index is 10.6. The van der Waals surface area contributed by atoms with Gasteiger partial charge in [0.2, 0.25) is 0 Å². The molecule has 0 aliphatic rings. The second kappa shape index (κ2) is 6.05. The zero-order chi connectivity index (χ0) is 15.5. The molecule has 2 rings (SSSR count). The Morgan fingerprint density at radius 2 is 1.90 bits per heavy atom. The van der Waals surface area contributed by atoms with Crippen molar-refractivity contribution in [2.24, 2.45) is 0 Å². The van der Waals surface area contributed by atoms with E-state index in [1.165, 1.54) is 12.1 Å². The molecule has 1 aromatic heterocycles. The molecular weight excluding hydrogens is 268 g/mol. The maximum atomic E-state index is 10.6. The highest BCUT2D eigenvalue weighted by atomic mass is 16.6. The molecule has 0 saturated carbocycles. The molecule has 0 fully saturated rings. The van der Waals surface area contributed by atoms with Crippen LogP contribution in [0.5, 0.6) is 0 Å². The predicted octanol–water partition coefficient (Wildman–Crippen LogP) is 2.73. The Balaban J connectivity index is 1.97. The molecule has 0 aliphatic carbocycles. The first-order valence-electron chi connectivity index (χ1n) is 6.83. The number of nitro benzene ring substituents is 1. The summed E-state index contributed by atoms with van der Waals surface area (Å²) in [6, 6.07) is 6.54. The summed E-state index contributed by atoms with van der Waals surface area (Å²) < 4.78 is 1.83. The first kappa shape index (κ1) is 15.2. The van der Waals surface area contributed by atoms with E-state index in [2.05, 4.69) is 31.2 Å². The Labute approximate surface area is 123 Å². The molecule has 0 atom stereocenters. The Morgan fingerprint density at radius 3 is 2.48 bits per heavy atom. The van der Waals surface area contributed by atoms with Crippen LogP contribution in [0.2, 0.25) is 0 Å². The minimum Gasteiger partial charge on any atom is -0.308 e. The molecule has 0 radical (unpaired) electrons. The minimum atomic E-state index is -0.395. The molecule has 1 N–H and O–H groups in total. The fourth-order valence-corrected chi connectivity index (χ4v) is 1.86. The standard InChI is InChI=1S/C15H20N4O2/c1-15(2,3)16-8-13-9-17-18(11-13)10-12-4-6-14(7-5-12)19(20)21/h4-7,9,11,16H,8,10H2,1-3H3. The van der Waals surface area contributed by atoms with E-state index in [1.807, 2.05) is 17.1 Å². The van der Waals surface area contributed by atoms with Crippen LogP contribution in [-0.4, -0.2) is 20.2 Å². The fraction of sp³-hybridized carbons (Fsp3) is 0.400. The number of nitrogens with one attached hydrogen (secondary N) is 1. The summed E-state index contributed by atoms with van der Waals surface area (Å²) in [6.45, 7) is 7.73. The van der Waals surface area contributed by atoms with Gasteiger partial charge < -0.3 is 5.32 Å². The van der Waals surface area contributed by atoms with Crippen molar-refractivity contribution in [2.75, 3.05) is 0 Å². The molecule has 0 amide bonds. The van der Waals surface area contributed by atoms with Gasteiger partial charge in [-0.15, -0.1) is 0 Å². The molecule has 2 aromatic rings. The smallest absolute Gasteiger partial charge is 0.269 e. The van der Waals surface area contributed by atoms with Gasteiger partial charge in [0.25, 0.3) is 5.69 Å². The van der Waals surface area contributed by atoms with E-state index in [1.54, 1.807) is 12.1 Å². The first-order valence-corrected chi connectivity index (χ1v) is 6.83. The second-order valence-electron chi connectivity index (χ2n) is 6.07. The van der Waals surface area contributed by atoms with Gasteiger partial charge in [-0.05, 0) is 26.3 Å². The normalized spacial score (nSPS) is 11.6. The number of nitrogens with zero attached hydrogens (tertiary/aromatic N) is 3. The average molecular weight is 288 g/mol. The molecule has 6 heteroatoms. The number of aromatic nitrogens is 2. The van der Waals surface area contributed by atoms with E-state index in [0.29, 0.717) is 6.54 Å². The maximum Gasteiger partial charge on any atom is 0.269 e. The van der Waals surface area contributed by atoms with E-state index in [9.17, 15) is 10.1 Å². The van der Waals surface area contributed by atoms with Crippen LogP contribution in [-0.2, 0) is 13.1 Å². The highest BCUT2D eigenvalue weighted by molar-refractivity contribution is 5.32. The average Bonchev–Trinajstić information content (AvgIpc) is 2.84. The first-order chi connectivity index (χ1) is 9.83. The lowest BCUT2D eigenvalue weighted by molar-refractivity contribution is -0.384. The summed E-state index contributed by atoms with van der Waals surface area (Å²) in [5.41, 5.74) is 2.28. The lowest BCUT2D eigenvalue weighted by Crippen LogP contribution is -2.34. The van der Waals surface area contributed by atoms with E-state index in [0.717, 1.165) is 17.7 Å². The number of hydrogen-bond donors (Lipinski definition) is 1. The lowest BCUT2D eigenvalue weighted by Gasteiger charge is -2.19. The van der Waals surface area contributed by atoms with E-state index >= 15 is 0 Å². The van der Waals surface area contributed by atoms with Gasteiger partial charge in [-0.3, -0.25) is 14.8 Å². The van der Waals surface area contributed by atoms with E-state index in [4.69, 9.17) is 0 Å². The molecule has 21 heavy (non-hydrogen) atoms. The fourth-order valence-electron chi connectivity index (χ4n) is 1.86. The lowest BCUT2D eigenvalue weighted by atomic mass is 10.1. The molecule has 1 heterocycles. The van der Waals surface area contributed by atoms with Crippen molar-refractivity contribution in [2.45, 2.75) is 39.4 Å². The highest BCUT2D eigenvalue weighted by Crippen LogP contribution is 2.13. The second-order valence-corrected chi connectivity index (χ2v) is 6.07. The summed E-state index contributed by atoms with van der Waals surface area (Å²) in [7, 11) is 0. The van der Waals surface area contributed by atoms with Crippen molar-refractivity contribution < 1.29 is 4.92 Å². The van der Waals surface area contributed by atoms with Crippen molar-refractivity contribution in [1.29, 1.82) is 0 Å². The third-order valence-corrected chi connectivity index (χ3v) is 3.00. The molecule has 0 spiro atoms. The van der Waals surface area contributed by atoms with Gasteiger partial charge in [-0.25, -0.2) is 0 Å². The van der Waals surface area contributed by atoms with Crippen LogP contribution < -0.4 is 5.32 Å². The van der Waals surface area contributed by atoms with Gasteiger partial charge in [0.05, 0.1) is 17.7 Å². The largest absolute Gasteiger partial charge is 0.308 e.